The lowest BCUT2D eigenvalue weighted by atomic mass is 10.1. The monoisotopic (exact) mass is 328 g/mol. The highest BCUT2D eigenvalue weighted by Gasteiger charge is 2.17. The quantitative estimate of drug-likeness (QED) is 0.517. The maximum absolute atomic E-state index is 13.7. The van der Waals surface area contributed by atoms with Crippen LogP contribution in [-0.2, 0) is 11.3 Å². The fraction of sp³-hybridized carbons (Fsp3) is 0.154. The van der Waals surface area contributed by atoms with Gasteiger partial charge in [0.1, 0.15) is 11.6 Å². The first kappa shape index (κ1) is 15.8. The fourth-order valence-corrected chi connectivity index (χ4v) is 2.43. The second-order valence-electron chi connectivity index (χ2n) is 4.21. The van der Waals surface area contributed by atoms with Gasteiger partial charge in [-0.2, -0.15) is 0 Å². The zero-order valence-corrected chi connectivity index (χ0v) is 12.1. The lowest BCUT2D eigenvalue weighted by Crippen LogP contribution is -2.08. The van der Waals surface area contributed by atoms with Crippen molar-refractivity contribution < 1.29 is 23.2 Å². The summed E-state index contributed by atoms with van der Waals surface area (Å²) < 4.78 is 31.6. The van der Waals surface area contributed by atoms with E-state index < -0.39 is 28.1 Å². The predicted octanol–water partition coefficient (Wildman–Crippen LogP) is 3.33. The molecule has 0 unspecified atom stereocenters. The molecule has 1 N–H and O–H groups in total. The average Bonchev–Trinajstić information content (AvgIpc) is 2.94. The van der Waals surface area contributed by atoms with E-state index in [0.717, 1.165) is 24.5 Å². The highest BCUT2D eigenvalue weighted by Crippen LogP contribution is 2.25. The average molecular weight is 328 g/mol. The number of carbonyl (C=O) groups excluding carboxylic acids is 1. The molecule has 0 spiro atoms. The molecule has 0 fully saturated rings. The van der Waals surface area contributed by atoms with Crippen LogP contribution in [0.3, 0.4) is 0 Å². The zero-order valence-electron chi connectivity index (χ0n) is 11.3. The summed E-state index contributed by atoms with van der Waals surface area (Å²) in [5.74, 6) is -2.83. The van der Waals surface area contributed by atoms with Crippen LogP contribution < -0.4 is 5.32 Å². The number of nitrogens with zero attached hydrogens (tertiary/aromatic N) is 1. The van der Waals surface area contributed by atoms with E-state index in [1.54, 1.807) is 5.38 Å². The molecule has 0 aliphatic carbocycles. The van der Waals surface area contributed by atoms with Crippen LogP contribution in [0, 0.1) is 21.7 Å². The number of ether oxygens (including phenoxy) is 1. The number of anilines is 1. The van der Waals surface area contributed by atoms with Crippen LogP contribution in [0.15, 0.2) is 23.6 Å². The summed E-state index contributed by atoms with van der Waals surface area (Å²) in [4.78, 5) is 21.4. The topological polar surface area (TPSA) is 81.5 Å². The van der Waals surface area contributed by atoms with Crippen molar-refractivity contribution in [2.45, 2.75) is 6.54 Å². The molecule has 1 aromatic carbocycles. The van der Waals surface area contributed by atoms with Gasteiger partial charge < -0.3 is 10.1 Å². The number of halogens is 2. The Labute approximate surface area is 127 Å². The summed E-state index contributed by atoms with van der Waals surface area (Å²) in [5.41, 5.74) is 0.0680. The van der Waals surface area contributed by atoms with Crippen LogP contribution in [0.4, 0.5) is 19.5 Å². The summed E-state index contributed by atoms with van der Waals surface area (Å²) in [6.45, 7) is 0.0908. The van der Waals surface area contributed by atoms with Crippen LogP contribution >= 0.6 is 11.3 Å². The number of esters is 1. The van der Waals surface area contributed by atoms with E-state index in [1.807, 2.05) is 0 Å². The van der Waals surface area contributed by atoms with Gasteiger partial charge in [-0.25, -0.2) is 13.6 Å². The van der Waals surface area contributed by atoms with Crippen molar-refractivity contribution in [1.82, 2.24) is 0 Å². The summed E-state index contributed by atoms with van der Waals surface area (Å²) in [7, 11) is 1.09. The van der Waals surface area contributed by atoms with Crippen molar-refractivity contribution in [2.24, 2.45) is 0 Å². The molecule has 0 atom stereocenters. The number of benzene rings is 1. The minimum atomic E-state index is -1.03. The van der Waals surface area contributed by atoms with Gasteiger partial charge in [0.05, 0.1) is 23.3 Å². The molecule has 0 radical (unpaired) electrons. The van der Waals surface area contributed by atoms with Gasteiger partial charge in [-0.05, 0) is 11.6 Å². The predicted molar refractivity (Wildman–Crippen MR) is 76.0 cm³/mol. The number of thiophene rings is 1. The lowest BCUT2D eigenvalue weighted by molar-refractivity contribution is -0.380. The van der Waals surface area contributed by atoms with Gasteiger partial charge in [0.2, 0.25) is 0 Å². The highest BCUT2D eigenvalue weighted by molar-refractivity contribution is 7.13. The number of rotatable bonds is 5. The van der Waals surface area contributed by atoms with Crippen molar-refractivity contribution in [3.8, 4) is 0 Å². The molecule has 22 heavy (non-hydrogen) atoms. The van der Waals surface area contributed by atoms with Crippen molar-refractivity contribution in [3.63, 3.8) is 0 Å². The number of methoxy groups -OCH3 is 1. The van der Waals surface area contributed by atoms with E-state index in [2.05, 4.69) is 10.1 Å². The van der Waals surface area contributed by atoms with E-state index in [9.17, 15) is 23.7 Å². The molecule has 0 aliphatic heterocycles. The maximum Gasteiger partial charge on any atom is 0.340 e. The number of nitrogens with one attached hydrogen (secondary N) is 1. The van der Waals surface area contributed by atoms with E-state index >= 15 is 0 Å². The minimum absolute atomic E-state index is 0.0355. The molecule has 6 nitrogen and oxygen atoms in total. The van der Waals surface area contributed by atoms with Gasteiger partial charge in [-0.3, -0.25) is 10.1 Å². The van der Waals surface area contributed by atoms with Crippen LogP contribution in [0.5, 0.6) is 0 Å². The van der Waals surface area contributed by atoms with E-state index in [-0.39, 0.29) is 17.2 Å². The van der Waals surface area contributed by atoms with Crippen molar-refractivity contribution >= 4 is 28.0 Å². The number of hydrogen-bond donors (Lipinski definition) is 1. The van der Waals surface area contributed by atoms with Gasteiger partial charge in [-0.1, -0.05) is 11.3 Å². The zero-order chi connectivity index (χ0) is 16.3. The molecule has 2 aromatic rings. The normalized spacial score (nSPS) is 10.3. The molecule has 0 bridgehead atoms. The van der Waals surface area contributed by atoms with Crippen LogP contribution in [0.25, 0.3) is 0 Å². The highest BCUT2D eigenvalue weighted by atomic mass is 32.1. The lowest BCUT2D eigenvalue weighted by Gasteiger charge is -2.09. The van der Waals surface area contributed by atoms with E-state index in [1.165, 1.54) is 6.07 Å². The fourth-order valence-electron chi connectivity index (χ4n) is 1.70. The Hall–Kier alpha value is -2.55. The molecule has 1 aromatic heterocycles. The number of hydrogen-bond acceptors (Lipinski definition) is 6. The Bertz CT molecular complexity index is 733. The first-order valence-corrected chi connectivity index (χ1v) is 6.83. The molecule has 2 rings (SSSR count). The van der Waals surface area contributed by atoms with Gasteiger partial charge in [0.15, 0.2) is 0 Å². The van der Waals surface area contributed by atoms with Crippen molar-refractivity contribution in [3.05, 3.63) is 56.5 Å². The van der Waals surface area contributed by atoms with Crippen molar-refractivity contribution in [1.29, 1.82) is 0 Å². The summed E-state index contributed by atoms with van der Waals surface area (Å²) in [6.07, 6.45) is 0. The third-order valence-electron chi connectivity index (χ3n) is 2.76. The van der Waals surface area contributed by atoms with Crippen LogP contribution in [0.1, 0.15) is 15.9 Å². The Balaban J connectivity index is 2.18. The first-order chi connectivity index (χ1) is 10.4. The maximum atomic E-state index is 13.7. The molecule has 1 heterocycles. The number of carbonyl (C=O) groups is 1. The van der Waals surface area contributed by atoms with Crippen molar-refractivity contribution in [2.75, 3.05) is 12.4 Å². The van der Waals surface area contributed by atoms with E-state index in [0.29, 0.717) is 11.6 Å². The summed E-state index contributed by atoms with van der Waals surface area (Å²) in [6, 6.07) is 2.92. The molecule has 0 saturated heterocycles. The molecular weight excluding hydrogens is 318 g/mol. The molecule has 9 heteroatoms. The Kier molecular flexibility index (Phi) is 4.66. The second-order valence-corrected chi connectivity index (χ2v) is 5.10. The Morgan fingerprint density at radius 1 is 1.36 bits per heavy atom. The molecule has 0 saturated carbocycles. The first-order valence-electron chi connectivity index (χ1n) is 5.95. The van der Waals surface area contributed by atoms with Crippen LogP contribution in [-0.4, -0.2) is 18.0 Å². The SMILES string of the molecule is COC(=O)c1cc(NCc2csc([N+](=O)[O-])c2)c(F)cc1F. The van der Waals surface area contributed by atoms with Gasteiger partial charge in [0, 0.05) is 24.1 Å². The van der Waals surface area contributed by atoms with Gasteiger partial charge in [0.25, 0.3) is 0 Å². The van der Waals surface area contributed by atoms with E-state index in [4.69, 9.17) is 0 Å². The standard InChI is InChI=1S/C13H10F2N2O4S/c1-21-13(18)8-3-11(10(15)4-9(8)14)16-5-7-2-12(17(19)20)22-6-7/h2-4,6,16H,5H2,1H3. The largest absolute Gasteiger partial charge is 0.465 e. The Morgan fingerprint density at radius 3 is 2.68 bits per heavy atom. The molecule has 116 valence electrons. The summed E-state index contributed by atoms with van der Waals surface area (Å²) >= 11 is 0.944. The molecule has 0 aliphatic rings. The smallest absolute Gasteiger partial charge is 0.340 e. The minimum Gasteiger partial charge on any atom is -0.465 e. The number of nitro groups is 1. The van der Waals surface area contributed by atoms with Gasteiger partial charge in [-0.15, -0.1) is 0 Å². The molecule has 0 amide bonds. The summed E-state index contributed by atoms with van der Waals surface area (Å²) in [5, 5.41) is 14.8. The third-order valence-corrected chi connectivity index (χ3v) is 3.69. The second kappa shape index (κ2) is 6.48. The molecular formula is C13H10F2N2O4S. The van der Waals surface area contributed by atoms with Gasteiger partial charge >= 0.3 is 11.0 Å². The Morgan fingerprint density at radius 2 is 2.09 bits per heavy atom. The van der Waals surface area contributed by atoms with Crippen LogP contribution in [0.2, 0.25) is 0 Å². The third kappa shape index (κ3) is 3.37.